The lowest BCUT2D eigenvalue weighted by Gasteiger charge is -2.27. The number of aliphatic carboxylic acids is 1. The topological polar surface area (TPSA) is 97.1 Å². The largest absolute Gasteiger partial charge is 0.480 e. The summed E-state index contributed by atoms with van der Waals surface area (Å²) in [5, 5.41) is 18.6. The van der Waals surface area contributed by atoms with E-state index in [0.29, 0.717) is 0 Å². The van der Waals surface area contributed by atoms with E-state index in [2.05, 4.69) is 15.6 Å². The molecule has 7 heteroatoms. The van der Waals surface area contributed by atoms with E-state index >= 15 is 0 Å². The highest BCUT2D eigenvalue weighted by atomic mass is 16.4. The second-order valence-electron chi connectivity index (χ2n) is 5.26. The molecule has 0 aliphatic heterocycles. The SMILES string of the molecule is CC(NC(=O)c1cn(CC(=O)O)nn1)C(C)(C)C. The van der Waals surface area contributed by atoms with Gasteiger partial charge in [-0.1, -0.05) is 26.0 Å². The smallest absolute Gasteiger partial charge is 0.325 e. The van der Waals surface area contributed by atoms with Crippen molar-refractivity contribution in [2.75, 3.05) is 0 Å². The van der Waals surface area contributed by atoms with E-state index in [1.807, 2.05) is 27.7 Å². The number of nitrogens with one attached hydrogen (secondary N) is 1. The number of rotatable bonds is 4. The standard InChI is InChI=1S/C11H18N4O3/c1-7(11(2,3)4)12-10(18)8-5-15(14-13-8)6-9(16)17/h5,7H,6H2,1-4H3,(H,12,18)(H,16,17). The predicted molar refractivity (Wildman–Crippen MR) is 64.0 cm³/mol. The van der Waals surface area contributed by atoms with Crippen LogP contribution in [-0.4, -0.2) is 38.0 Å². The predicted octanol–water partition coefficient (Wildman–Crippen LogP) is 0.527. The Balaban J connectivity index is 2.68. The summed E-state index contributed by atoms with van der Waals surface area (Å²) in [6, 6.07) is -0.0328. The highest BCUT2D eigenvalue weighted by Crippen LogP contribution is 2.18. The van der Waals surface area contributed by atoms with Crippen LogP contribution >= 0.6 is 0 Å². The first kappa shape index (κ1) is 14.1. The first-order chi connectivity index (χ1) is 8.20. The molecule has 2 N–H and O–H groups in total. The summed E-state index contributed by atoms with van der Waals surface area (Å²) in [4.78, 5) is 22.3. The molecule has 0 bridgehead atoms. The van der Waals surface area contributed by atoms with Crippen molar-refractivity contribution in [1.82, 2.24) is 20.3 Å². The normalized spacial score (nSPS) is 13.1. The molecule has 1 unspecified atom stereocenters. The van der Waals surface area contributed by atoms with Crippen molar-refractivity contribution in [1.29, 1.82) is 0 Å². The van der Waals surface area contributed by atoms with E-state index in [0.717, 1.165) is 4.68 Å². The van der Waals surface area contributed by atoms with Gasteiger partial charge in [-0.05, 0) is 12.3 Å². The van der Waals surface area contributed by atoms with E-state index < -0.39 is 5.97 Å². The van der Waals surface area contributed by atoms with E-state index in [4.69, 9.17) is 5.11 Å². The number of carbonyl (C=O) groups excluding carboxylic acids is 1. The number of amides is 1. The fourth-order valence-corrected chi connectivity index (χ4v) is 1.11. The average Bonchev–Trinajstić information content (AvgIpc) is 2.63. The van der Waals surface area contributed by atoms with Crippen LogP contribution in [0.4, 0.5) is 0 Å². The van der Waals surface area contributed by atoms with Crippen LogP contribution in [0.2, 0.25) is 0 Å². The van der Waals surface area contributed by atoms with Crippen molar-refractivity contribution in [3.8, 4) is 0 Å². The van der Waals surface area contributed by atoms with Crippen molar-refractivity contribution in [2.24, 2.45) is 5.41 Å². The summed E-state index contributed by atoms with van der Waals surface area (Å²) in [6.45, 7) is 7.63. The third-order valence-electron chi connectivity index (χ3n) is 2.72. The molecular formula is C11H18N4O3. The fourth-order valence-electron chi connectivity index (χ4n) is 1.11. The Hall–Kier alpha value is -1.92. The molecular weight excluding hydrogens is 236 g/mol. The van der Waals surface area contributed by atoms with Gasteiger partial charge >= 0.3 is 5.97 Å². The Kier molecular flexibility index (Phi) is 4.05. The number of hydrogen-bond acceptors (Lipinski definition) is 4. The van der Waals surface area contributed by atoms with Gasteiger partial charge in [0.15, 0.2) is 5.69 Å². The van der Waals surface area contributed by atoms with E-state index in [-0.39, 0.29) is 29.6 Å². The molecule has 1 atom stereocenters. The van der Waals surface area contributed by atoms with E-state index in [1.54, 1.807) is 0 Å². The van der Waals surface area contributed by atoms with Crippen molar-refractivity contribution in [3.05, 3.63) is 11.9 Å². The van der Waals surface area contributed by atoms with Crippen LogP contribution in [0.25, 0.3) is 0 Å². The number of nitrogens with zero attached hydrogens (tertiary/aromatic N) is 3. The van der Waals surface area contributed by atoms with Crippen LogP contribution < -0.4 is 5.32 Å². The Labute approximate surface area is 105 Å². The molecule has 18 heavy (non-hydrogen) atoms. The van der Waals surface area contributed by atoms with Gasteiger partial charge in [-0.15, -0.1) is 5.10 Å². The Morgan fingerprint density at radius 1 is 1.50 bits per heavy atom. The van der Waals surface area contributed by atoms with Crippen molar-refractivity contribution in [2.45, 2.75) is 40.3 Å². The monoisotopic (exact) mass is 254 g/mol. The third kappa shape index (κ3) is 3.83. The maximum atomic E-state index is 11.8. The Morgan fingerprint density at radius 2 is 2.11 bits per heavy atom. The second kappa shape index (κ2) is 5.16. The van der Waals surface area contributed by atoms with Crippen LogP contribution in [-0.2, 0) is 11.3 Å². The lowest BCUT2D eigenvalue weighted by molar-refractivity contribution is -0.137. The minimum absolute atomic E-state index is 0.0328. The quantitative estimate of drug-likeness (QED) is 0.816. The summed E-state index contributed by atoms with van der Waals surface area (Å²) < 4.78 is 1.11. The Morgan fingerprint density at radius 3 is 2.61 bits per heavy atom. The molecule has 1 rings (SSSR count). The van der Waals surface area contributed by atoms with Crippen molar-refractivity contribution < 1.29 is 14.7 Å². The van der Waals surface area contributed by atoms with Crippen LogP contribution in [0.1, 0.15) is 38.2 Å². The molecule has 7 nitrogen and oxygen atoms in total. The summed E-state index contributed by atoms with van der Waals surface area (Å²) >= 11 is 0. The van der Waals surface area contributed by atoms with Crippen LogP contribution in [0, 0.1) is 5.41 Å². The average molecular weight is 254 g/mol. The van der Waals surface area contributed by atoms with Crippen LogP contribution in [0.15, 0.2) is 6.20 Å². The highest BCUT2D eigenvalue weighted by Gasteiger charge is 2.23. The van der Waals surface area contributed by atoms with Gasteiger partial charge in [0.25, 0.3) is 5.91 Å². The maximum absolute atomic E-state index is 11.8. The number of carboxylic acid groups (broad SMARTS) is 1. The van der Waals surface area contributed by atoms with Gasteiger partial charge in [-0.3, -0.25) is 9.59 Å². The van der Waals surface area contributed by atoms with Gasteiger partial charge < -0.3 is 10.4 Å². The van der Waals surface area contributed by atoms with E-state index in [9.17, 15) is 9.59 Å². The summed E-state index contributed by atoms with van der Waals surface area (Å²) in [6.07, 6.45) is 1.32. The molecule has 1 aromatic rings. The molecule has 0 fully saturated rings. The molecule has 1 aromatic heterocycles. The molecule has 0 radical (unpaired) electrons. The van der Waals surface area contributed by atoms with Gasteiger partial charge in [-0.2, -0.15) is 0 Å². The Bertz CT molecular complexity index is 447. The minimum atomic E-state index is -1.03. The number of carbonyl (C=O) groups is 2. The first-order valence-electron chi connectivity index (χ1n) is 5.63. The number of carboxylic acids is 1. The molecule has 0 aliphatic rings. The molecule has 0 saturated carbocycles. The van der Waals surface area contributed by atoms with Crippen LogP contribution in [0.3, 0.4) is 0 Å². The molecule has 0 saturated heterocycles. The van der Waals surface area contributed by atoms with Crippen molar-refractivity contribution in [3.63, 3.8) is 0 Å². The van der Waals surface area contributed by atoms with Crippen molar-refractivity contribution >= 4 is 11.9 Å². The molecule has 0 spiro atoms. The van der Waals surface area contributed by atoms with Gasteiger partial charge in [0.05, 0.1) is 6.20 Å². The zero-order valence-electron chi connectivity index (χ0n) is 11.0. The summed E-state index contributed by atoms with van der Waals surface area (Å²) in [5.74, 6) is -1.39. The number of aromatic nitrogens is 3. The molecule has 0 aromatic carbocycles. The van der Waals surface area contributed by atoms with Gasteiger partial charge in [0.1, 0.15) is 6.54 Å². The third-order valence-corrected chi connectivity index (χ3v) is 2.72. The zero-order chi connectivity index (χ0) is 13.9. The fraction of sp³-hybridized carbons (Fsp3) is 0.636. The molecule has 1 amide bonds. The van der Waals surface area contributed by atoms with E-state index in [1.165, 1.54) is 6.20 Å². The molecule has 1 heterocycles. The maximum Gasteiger partial charge on any atom is 0.325 e. The molecule has 100 valence electrons. The summed E-state index contributed by atoms with van der Waals surface area (Å²) in [7, 11) is 0. The van der Waals surface area contributed by atoms with Gasteiger partial charge in [-0.25, -0.2) is 4.68 Å². The highest BCUT2D eigenvalue weighted by molar-refractivity contribution is 5.92. The van der Waals surface area contributed by atoms with Gasteiger partial charge in [0.2, 0.25) is 0 Å². The summed E-state index contributed by atoms with van der Waals surface area (Å²) in [5.41, 5.74) is 0.0551. The number of hydrogen-bond donors (Lipinski definition) is 2. The van der Waals surface area contributed by atoms with Gasteiger partial charge in [0, 0.05) is 6.04 Å². The van der Waals surface area contributed by atoms with Crippen LogP contribution in [0.5, 0.6) is 0 Å². The zero-order valence-corrected chi connectivity index (χ0v) is 11.0. The second-order valence-corrected chi connectivity index (χ2v) is 5.26. The molecule has 0 aliphatic carbocycles. The lowest BCUT2D eigenvalue weighted by atomic mass is 9.88. The first-order valence-corrected chi connectivity index (χ1v) is 5.63. The lowest BCUT2D eigenvalue weighted by Crippen LogP contribution is -2.41. The minimum Gasteiger partial charge on any atom is -0.480 e.